The molecule has 1 heterocycles. The van der Waals surface area contributed by atoms with Crippen molar-refractivity contribution in [3.05, 3.63) is 0 Å². The number of amides is 1. The summed E-state index contributed by atoms with van der Waals surface area (Å²) in [5.41, 5.74) is 0. The fraction of sp³-hybridized carbons (Fsp3) is 0.750. The van der Waals surface area contributed by atoms with Crippen LogP contribution in [-0.2, 0) is 4.79 Å². The van der Waals surface area contributed by atoms with Crippen LogP contribution in [0.3, 0.4) is 0 Å². The molecule has 0 saturated carbocycles. The Bertz CT molecular complexity index is 68.4. The summed E-state index contributed by atoms with van der Waals surface area (Å²) in [5.74, 6) is 0.204. The molecule has 0 aromatic heterocycles. The molecule has 0 radical (unpaired) electrons. The predicted molar refractivity (Wildman–Crippen MR) is 36.5 cm³/mol. The number of hydrogen-bond donors (Lipinski definition) is 1. The van der Waals surface area contributed by atoms with Crippen molar-refractivity contribution >= 4 is 65.0 Å². The van der Waals surface area contributed by atoms with E-state index in [-0.39, 0.29) is 65.0 Å². The minimum atomic E-state index is 0. The third kappa shape index (κ3) is 4.36. The average Bonchev–Trinajstić information content (AvgIpc) is 1.86. The second kappa shape index (κ2) is 6.59. The zero-order valence-corrected chi connectivity index (χ0v) is 3.53. The fourth-order valence-corrected chi connectivity index (χ4v) is 0.565. The zero-order chi connectivity index (χ0) is 4.41. The maximum atomic E-state index is 10.1. The van der Waals surface area contributed by atoms with Gasteiger partial charge in [0.1, 0.15) is 0 Å². The molecule has 0 aromatic carbocycles. The molecule has 38 valence electrons. The zero-order valence-electron chi connectivity index (χ0n) is 3.53. The molecule has 1 saturated heterocycles. The molecule has 0 bridgehead atoms. The molecular formula is C4H9NNa2O. The molecular weight excluding hydrogens is 124 g/mol. The molecule has 0 aliphatic carbocycles. The van der Waals surface area contributed by atoms with Gasteiger partial charge in [0.05, 0.1) is 0 Å². The van der Waals surface area contributed by atoms with Gasteiger partial charge >= 0.3 is 59.1 Å². The molecule has 1 N–H and O–H groups in total. The van der Waals surface area contributed by atoms with E-state index in [2.05, 4.69) is 5.32 Å². The van der Waals surface area contributed by atoms with Gasteiger partial charge in [-0.25, -0.2) is 0 Å². The monoisotopic (exact) mass is 133 g/mol. The van der Waals surface area contributed by atoms with Crippen LogP contribution in [0.4, 0.5) is 0 Å². The molecule has 8 heavy (non-hydrogen) atoms. The SMILES string of the molecule is O=C1CCCN1.[NaH].[NaH]. The van der Waals surface area contributed by atoms with Crippen LogP contribution < -0.4 is 5.32 Å². The van der Waals surface area contributed by atoms with E-state index in [4.69, 9.17) is 0 Å². The Hall–Kier alpha value is 1.47. The van der Waals surface area contributed by atoms with Crippen LogP contribution in [0.2, 0.25) is 0 Å². The van der Waals surface area contributed by atoms with Gasteiger partial charge in [-0.15, -0.1) is 0 Å². The molecule has 1 amide bonds. The summed E-state index contributed by atoms with van der Waals surface area (Å²) < 4.78 is 0. The van der Waals surface area contributed by atoms with Gasteiger partial charge < -0.3 is 5.32 Å². The van der Waals surface area contributed by atoms with Crippen molar-refractivity contribution in [2.45, 2.75) is 12.8 Å². The van der Waals surface area contributed by atoms with Crippen molar-refractivity contribution in [3.8, 4) is 0 Å². The van der Waals surface area contributed by atoms with Crippen LogP contribution in [0, 0.1) is 0 Å². The number of nitrogens with one attached hydrogen (secondary N) is 1. The van der Waals surface area contributed by atoms with Gasteiger partial charge in [0.2, 0.25) is 5.91 Å². The third-order valence-corrected chi connectivity index (χ3v) is 0.903. The number of rotatable bonds is 0. The summed E-state index contributed by atoms with van der Waals surface area (Å²) in [6.07, 6.45) is 1.76. The van der Waals surface area contributed by atoms with Gasteiger partial charge in [0.25, 0.3) is 0 Å². The standard InChI is InChI=1S/C4H7NO.2Na.2H/c6-4-2-1-3-5-4;;;;/h1-3H2,(H,5,6);;;;. The molecule has 0 spiro atoms. The molecule has 1 aliphatic heterocycles. The Balaban J connectivity index is 0. The Morgan fingerprint density at radius 3 is 2.12 bits per heavy atom. The average molecular weight is 133 g/mol. The van der Waals surface area contributed by atoms with Gasteiger partial charge in [0.15, 0.2) is 0 Å². The first-order valence-corrected chi connectivity index (χ1v) is 2.16. The molecule has 0 unspecified atom stereocenters. The van der Waals surface area contributed by atoms with Gasteiger partial charge in [0, 0.05) is 13.0 Å². The van der Waals surface area contributed by atoms with E-state index in [1.54, 1.807) is 0 Å². The van der Waals surface area contributed by atoms with E-state index in [1.165, 1.54) is 0 Å². The number of carbonyl (C=O) groups is 1. The predicted octanol–water partition coefficient (Wildman–Crippen LogP) is -1.40. The van der Waals surface area contributed by atoms with E-state index in [9.17, 15) is 4.79 Å². The second-order valence-electron chi connectivity index (χ2n) is 1.45. The molecule has 0 atom stereocenters. The van der Waals surface area contributed by atoms with Crippen molar-refractivity contribution < 1.29 is 4.79 Å². The van der Waals surface area contributed by atoms with Gasteiger partial charge in [-0.2, -0.15) is 0 Å². The summed E-state index contributed by atoms with van der Waals surface area (Å²) in [5, 5.41) is 2.68. The van der Waals surface area contributed by atoms with Crippen molar-refractivity contribution in [1.82, 2.24) is 5.32 Å². The van der Waals surface area contributed by atoms with Gasteiger partial charge in [-0.1, -0.05) is 0 Å². The van der Waals surface area contributed by atoms with Crippen LogP contribution in [0.5, 0.6) is 0 Å². The molecule has 4 heteroatoms. The van der Waals surface area contributed by atoms with Crippen LogP contribution >= 0.6 is 0 Å². The first-order valence-electron chi connectivity index (χ1n) is 2.16. The van der Waals surface area contributed by atoms with Crippen LogP contribution in [0.25, 0.3) is 0 Å². The van der Waals surface area contributed by atoms with Crippen LogP contribution in [0.15, 0.2) is 0 Å². The summed E-state index contributed by atoms with van der Waals surface area (Å²) in [4.78, 5) is 10.1. The first-order chi connectivity index (χ1) is 2.89. The Kier molecular flexibility index (Phi) is 10.0. The summed E-state index contributed by atoms with van der Waals surface area (Å²) in [6.45, 7) is 0.888. The van der Waals surface area contributed by atoms with E-state index in [0.29, 0.717) is 0 Å². The molecule has 1 aliphatic rings. The van der Waals surface area contributed by atoms with E-state index < -0.39 is 0 Å². The Morgan fingerprint density at radius 2 is 2.00 bits per heavy atom. The van der Waals surface area contributed by atoms with E-state index >= 15 is 0 Å². The summed E-state index contributed by atoms with van der Waals surface area (Å²) in [7, 11) is 0. The number of hydrogen-bond acceptors (Lipinski definition) is 1. The van der Waals surface area contributed by atoms with Crippen molar-refractivity contribution in [3.63, 3.8) is 0 Å². The van der Waals surface area contributed by atoms with Crippen molar-refractivity contribution in [2.24, 2.45) is 0 Å². The summed E-state index contributed by atoms with van der Waals surface area (Å²) in [6, 6.07) is 0. The first kappa shape index (κ1) is 12.2. The second-order valence-corrected chi connectivity index (χ2v) is 1.45. The molecule has 2 nitrogen and oxygen atoms in total. The molecule has 1 fully saturated rings. The van der Waals surface area contributed by atoms with Gasteiger partial charge in [-0.05, 0) is 6.42 Å². The van der Waals surface area contributed by atoms with Crippen molar-refractivity contribution in [1.29, 1.82) is 0 Å². The topological polar surface area (TPSA) is 29.1 Å². The van der Waals surface area contributed by atoms with Crippen LogP contribution in [-0.4, -0.2) is 71.6 Å². The third-order valence-electron chi connectivity index (χ3n) is 0.903. The fourth-order valence-electron chi connectivity index (χ4n) is 0.565. The van der Waals surface area contributed by atoms with E-state index in [0.717, 1.165) is 19.4 Å². The maximum absolute atomic E-state index is 10.1. The number of carbonyl (C=O) groups excluding carboxylic acids is 1. The Labute approximate surface area is 93.4 Å². The van der Waals surface area contributed by atoms with Crippen LogP contribution in [0.1, 0.15) is 12.8 Å². The normalized spacial score (nSPS) is 15.8. The minimum absolute atomic E-state index is 0. The molecule has 1 rings (SSSR count). The van der Waals surface area contributed by atoms with E-state index in [1.807, 2.05) is 0 Å². The summed E-state index contributed by atoms with van der Waals surface area (Å²) >= 11 is 0. The van der Waals surface area contributed by atoms with Crippen molar-refractivity contribution in [2.75, 3.05) is 6.54 Å². The quantitative estimate of drug-likeness (QED) is 0.404. The van der Waals surface area contributed by atoms with Gasteiger partial charge in [-0.3, -0.25) is 4.79 Å². The Morgan fingerprint density at radius 1 is 1.38 bits per heavy atom. The molecule has 0 aromatic rings.